The van der Waals surface area contributed by atoms with Crippen molar-refractivity contribution in [2.24, 2.45) is 0 Å². The molecule has 58 valence electrons. The minimum atomic E-state index is -1.12. The minimum absolute atomic E-state index is 0.0497. The second-order valence-corrected chi connectivity index (χ2v) is 2.93. The van der Waals surface area contributed by atoms with Crippen LogP contribution in [0.2, 0.25) is 0 Å². The number of carbonyl (C=O) groups excluding carboxylic acids is 1. The molecule has 1 atom stereocenters. The summed E-state index contributed by atoms with van der Waals surface area (Å²) in [5, 5.41) is -1.12. The van der Waals surface area contributed by atoms with Crippen LogP contribution in [0.1, 0.15) is 6.92 Å². The van der Waals surface area contributed by atoms with Gasteiger partial charge in [-0.1, -0.05) is 18.2 Å². The van der Waals surface area contributed by atoms with E-state index in [9.17, 15) is 4.79 Å². The van der Waals surface area contributed by atoms with Gasteiger partial charge in [-0.05, 0) is 6.92 Å². The van der Waals surface area contributed by atoms with E-state index in [2.05, 4.69) is 11.3 Å². The molecule has 0 aromatic carbocycles. The number of carbonyl (C=O) groups is 1. The van der Waals surface area contributed by atoms with Gasteiger partial charge in [0.15, 0.2) is 5.06 Å². The number of hydrogen-bond donors (Lipinski definition) is 0. The third-order valence-corrected chi connectivity index (χ3v) is 1.58. The number of hydrogen-bond acceptors (Lipinski definition) is 2. The van der Waals surface area contributed by atoms with Gasteiger partial charge in [-0.3, -0.25) is 0 Å². The summed E-state index contributed by atoms with van der Waals surface area (Å²) in [5.41, 5.74) is 0. The molecule has 0 aromatic rings. The van der Waals surface area contributed by atoms with Gasteiger partial charge in [0, 0.05) is 6.08 Å². The van der Waals surface area contributed by atoms with Crippen molar-refractivity contribution in [1.82, 2.24) is 0 Å². The van der Waals surface area contributed by atoms with E-state index in [1.165, 1.54) is 6.92 Å². The molecule has 0 saturated heterocycles. The van der Waals surface area contributed by atoms with Gasteiger partial charge in [0.25, 0.3) is 0 Å². The zero-order valence-electron chi connectivity index (χ0n) is 5.56. The van der Waals surface area contributed by atoms with Crippen molar-refractivity contribution < 1.29 is 9.53 Å². The van der Waals surface area contributed by atoms with Crippen molar-refractivity contribution in [2.75, 3.05) is 5.88 Å². The molecule has 0 aromatic heterocycles. The Bertz CT molecular complexity index is 143. The fraction of sp³-hybridized carbons (Fsp3) is 0.500. The van der Waals surface area contributed by atoms with Crippen molar-refractivity contribution in [3.05, 3.63) is 12.7 Å². The van der Waals surface area contributed by atoms with Crippen LogP contribution in [-0.4, -0.2) is 16.9 Å². The van der Waals surface area contributed by atoms with Gasteiger partial charge in [-0.25, -0.2) is 4.79 Å². The number of ether oxygens (including phenoxy) is 1. The van der Waals surface area contributed by atoms with Crippen LogP contribution in [0.4, 0.5) is 0 Å². The highest BCUT2D eigenvalue weighted by atomic mass is 35.5. The standard InChI is InChI=1S/C6H8Cl2O2/c1-3-5(9)10-6(2,8)4-7/h3H,1,4H2,2H3. The molecule has 1 unspecified atom stereocenters. The fourth-order valence-corrected chi connectivity index (χ4v) is 0.409. The zero-order chi connectivity index (χ0) is 8.20. The lowest BCUT2D eigenvalue weighted by Gasteiger charge is -2.17. The van der Waals surface area contributed by atoms with Crippen molar-refractivity contribution in [1.29, 1.82) is 0 Å². The summed E-state index contributed by atoms with van der Waals surface area (Å²) in [7, 11) is 0. The second-order valence-electron chi connectivity index (χ2n) is 1.86. The molecule has 0 bridgehead atoms. The molecule has 0 aliphatic rings. The average molecular weight is 183 g/mol. The van der Waals surface area contributed by atoms with E-state index in [-0.39, 0.29) is 5.88 Å². The Morgan fingerprint density at radius 3 is 2.70 bits per heavy atom. The normalized spacial score (nSPS) is 15.5. The molecule has 4 heteroatoms. The lowest BCUT2D eigenvalue weighted by molar-refractivity contribution is -0.143. The lowest BCUT2D eigenvalue weighted by Crippen LogP contribution is -2.25. The number of halogens is 2. The van der Waals surface area contributed by atoms with Gasteiger partial charge < -0.3 is 4.74 Å². The maximum absolute atomic E-state index is 10.5. The summed E-state index contributed by atoms with van der Waals surface area (Å²) in [6.07, 6.45) is 1.03. The Labute approximate surface area is 69.8 Å². The molecule has 0 heterocycles. The van der Waals surface area contributed by atoms with Crippen LogP contribution >= 0.6 is 23.2 Å². The zero-order valence-corrected chi connectivity index (χ0v) is 7.08. The van der Waals surface area contributed by atoms with Crippen LogP contribution in [-0.2, 0) is 9.53 Å². The molecule has 10 heavy (non-hydrogen) atoms. The first-order valence-electron chi connectivity index (χ1n) is 2.62. The Morgan fingerprint density at radius 1 is 1.90 bits per heavy atom. The Balaban J connectivity index is 3.87. The van der Waals surface area contributed by atoms with E-state index in [0.29, 0.717) is 0 Å². The average Bonchev–Trinajstić information content (AvgIpc) is 1.87. The summed E-state index contributed by atoms with van der Waals surface area (Å²) in [4.78, 5) is 10.5. The van der Waals surface area contributed by atoms with E-state index in [4.69, 9.17) is 23.2 Å². The molecule has 0 N–H and O–H groups in total. The van der Waals surface area contributed by atoms with Gasteiger partial charge in [-0.2, -0.15) is 0 Å². The first-order chi connectivity index (χ1) is 4.52. The topological polar surface area (TPSA) is 26.3 Å². The van der Waals surface area contributed by atoms with Gasteiger partial charge in [-0.15, -0.1) is 11.6 Å². The first-order valence-corrected chi connectivity index (χ1v) is 3.53. The highest BCUT2D eigenvalue weighted by Gasteiger charge is 2.22. The third kappa shape index (κ3) is 3.75. The van der Waals surface area contributed by atoms with Gasteiger partial charge >= 0.3 is 5.97 Å². The van der Waals surface area contributed by atoms with E-state index in [1.54, 1.807) is 0 Å². The van der Waals surface area contributed by atoms with Crippen molar-refractivity contribution >= 4 is 29.2 Å². The molecule has 0 aliphatic carbocycles. The molecular formula is C6H8Cl2O2. The van der Waals surface area contributed by atoms with Crippen molar-refractivity contribution in [2.45, 2.75) is 12.0 Å². The largest absolute Gasteiger partial charge is 0.439 e. The van der Waals surface area contributed by atoms with Crippen LogP contribution in [0.3, 0.4) is 0 Å². The van der Waals surface area contributed by atoms with E-state index in [0.717, 1.165) is 6.08 Å². The Kier molecular flexibility index (Phi) is 3.76. The van der Waals surface area contributed by atoms with Gasteiger partial charge in [0.1, 0.15) is 0 Å². The monoisotopic (exact) mass is 182 g/mol. The van der Waals surface area contributed by atoms with Crippen LogP contribution in [0.5, 0.6) is 0 Å². The number of rotatable bonds is 3. The first kappa shape index (κ1) is 9.79. The SMILES string of the molecule is C=CC(=O)OC(C)(Cl)CCl. The number of esters is 1. The van der Waals surface area contributed by atoms with Crippen molar-refractivity contribution in [3.63, 3.8) is 0 Å². The molecular weight excluding hydrogens is 175 g/mol. The van der Waals surface area contributed by atoms with Gasteiger partial charge in [0.05, 0.1) is 5.88 Å². The van der Waals surface area contributed by atoms with Crippen LogP contribution in [0, 0.1) is 0 Å². The highest BCUT2D eigenvalue weighted by molar-refractivity contribution is 6.30. The molecule has 0 spiro atoms. The maximum Gasteiger partial charge on any atom is 0.331 e. The maximum atomic E-state index is 10.5. The summed E-state index contributed by atoms with van der Waals surface area (Å²) in [6, 6.07) is 0. The Morgan fingerprint density at radius 2 is 2.40 bits per heavy atom. The highest BCUT2D eigenvalue weighted by Crippen LogP contribution is 2.17. The minimum Gasteiger partial charge on any atom is -0.439 e. The molecule has 0 fully saturated rings. The molecule has 0 aliphatic heterocycles. The molecule has 0 saturated carbocycles. The molecule has 0 amide bonds. The van der Waals surface area contributed by atoms with Crippen LogP contribution in [0.25, 0.3) is 0 Å². The smallest absolute Gasteiger partial charge is 0.331 e. The van der Waals surface area contributed by atoms with E-state index < -0.39 is 11.0 Å². The van der Waals surface area contributed by atoms with Crippen LogP contribution < -0.4 is 0 Å². The summed E-state index contributed by atoms with van der Waals surface area (Å²) >= 11 is 10.9. The van der Waals surface area contributed by atoms with Gasteiger partial charge in [0.2, 0.25) is 0 Å². The van der Waals surface area contributed by atoms with Crippen molar-refractivity contribution in [3.8, 4) is 0 Å². The fourth-order valence-electron chi connectivity index (χ4n) is 0.279. The Hall–Kier alpha value is -0.210. The lowest BCUT2D eigenvalue weighted by atomic mass is 10.4. The molecule has 0 rings (SSSR count). The predicted molar refractivity (Wildman–Crippen MR) is 41.3 cm³/mol. The molecule has 0 radical (unpaired) electrons. The predicted octanol–water partition coefficient (Wildman–Crippen LogP) is 1.91. The summed E-state index contributed by atoms with van der Waals surface area (Å²) < 4.78 is 4.61. The second kappa shape index (κ2) is 3.84. The van der Waals surface area contributed by atoms with Crippen LogP contribution in [0.15, 0.2) is 12.7 Å². The molecule has 2 nitrogen and oxygen atoms in total. The number of alkyl halides is 2. The quantitative estimate of drug-likeness (QED) is 0.379. The summed E-state index contributed by atoms with van der Waals surface area (Å²) in [6.45, 7) is 4.71. The van der Waals surface area contributed by atoms with E-state index in [1.807, 2.05) is 0 Å². The van der Waals surface area contributed by atoms with E-state index >= 15 is 0 Å². The third-order valence-electron chi connectivity index (χ3n) is 0.719. The summed E-state index contributed by atoms with van der Waals surface area (Å²) in [5.74, 6) is -0.521.